The van der Waals surface area contributed by atoms with Crippen molar-refractivity contribution in [3.8, 4) is 5.75 Å². The Morgan fingerprint density at radius 2 is 2.00 bits per heavy atom. The summed E-state index contributed by atoms with van der Waals surface area (Å²) >= 11 is 0. The van der Waals surface area contributed by atoms with E-state index >= 15 is 4.39 Å². The molecule has 2 atom stereocenters. The van der Waals surface area contributed by atoms with Gasteiger partial charge in [0.15, 0.2) is 11.6 Å². The second kappa shape index (κ2) is 6.37. The quantitative estimate of drug-likeness (QED) is 0.757. The lowest BCUT2D eigenvalue weighted by molar-refractivity contribution is 0.340. The number of rotatable bonds is 3. The van der Waals surface area contributed by atoms with E-state index in [0.717, 1.165) is 25.7 Å². The summed E-state index contributed by atoms with van der Waals surface area (Å²) in [5, 5.41) is 10.3. The number of aromatic amines is 1. The van der Waals surface area contributed by atoms with Crippen LogP contribution >= 0.6 is 0 Å². The molecule has 2 fully saturated rings. The number of aromatic hydroxyl groups is 1. The van der Waals surface area contributed by atoms with Crippen LogP contribution in [0.25, 0.3) is 10.9 Å². The molecule has 1 aliphatic carbocycles. The van der Waals surface area contributed by atoms with Crippen molar-refractivity contribution in [1.82, 2.24) is 9.55 Å². The maximum Gasteiger partial charge on any atom is 0.329 e. The number of benzene rings is 1. The second-order valence-electron chi connectivity index (χ2n) is 7.79. The lowest BCUT2D eigenvalue weighted by Gasteiger charge is -2.38. The van der Waals surface area contributed by atoms with Gasteiger partial charge in [-0.25, -0.2) is 9.18 Å². The Bertz CT molecular complexity index is 1020. The molecule has 1 aromatic heterocycles. The lowest BCUT2D eigenvalue weighted by atomic mass is 9.89. The minimum absolute atomic E-state index is 0.0265. The number of nitrogens with one attached hydrogen (secondary N) is 1. The Balaban J connectivity index is 1.96. The van der Waals surface area contributed by atoms with Gasteiger partial charge < -0.3 is 15.7 Å². The van der Waals surface area contributed by atoms with Crippen molar-refractivity contribution in [2.24, 2.45) is 11.7 Å². The van der Waals surface area contributed by atoms with Crippen LogP contribution in [0.1, 0.15) is 44.2 Å². The SMILES string of the molecule is CCC1CCN(c2c(F)c(O)c3c(=O)[nH]c(=O)n(C4CC4)c3c2C)CC1N. The summed E-state index contributed by atoms with van der Waals surface area (Å²) < 4.78 is 16.6. The van der Waals surface area contributed by atoms with Gasteiger partial charge in [0.25, 0.3) is 5.56 Å². The summed E-state index contributed by atoms with van der Waals surface area (Å²) in [7, 11) is 0. The summed E-state index contributed by atoms with van der Waals surface area (Å²) in [6.45, 7) is 4.88. The average molecular weight is 376 g/mol. The molecule has 4 rings (SSSR count). The van der Waals surface area contributed by atoms with Gasteiger partial charge >= 0.3 is 5.69 Å². The highest BCUT2D eigenvalue weighted by atomic mass is 19.1. The third-order valence-electron chi connectivity index (χ3n) is 6.07. The number of anilines is 1. The maximum absolute atomic E-state index is 15.1. The zero-order valence-electron chi connectivity index (χ0n) is 15.6. The normalized spacial score (nSPS) is 23.2. The van der Waals surface area contributed by atoms with Crippen LogP contribution in [-0.2, 0) is 0 Å². The van der Waals surface area contributed by atoms with Crippen LogP contribution in [-0.4, -0.2) is 33.8 Å². The third-order valence-corrected chi connectivity index (χ3v) is 6.07. The van der Waals surface area contributed by atoms with Crippen molar-refractivity contribution in [1.29, 1.82) is 0 Å². The molecule has 0 amide bonds. The molecule has 0 radical (unpaired) electrons. The van der Waals surface area contributed by atoms with E-state index in [0.29, 0.717) is 30.1 Å². The molecule has 4 N–H and O–H groups in total. The summed E-state index contributed by atoms with van der Waals surface area (Å²) in [5.74, 6) is -1.15. The van der Waals surface area contributed by atoms with Crippen LogP contribution in [0.4, 0.5) is 10.1 Å². The van der Waals surface area contributed by atoms with E-state index in [2.05, 4.69) is 11.9 Å². The van der Waals surface area contributed by atoms with Gasteiger partial charge in [0.1, 0.15) is 5.39 Å². The van der Waals surface area contributed by atoms with E-state index in [1.807, 2.05) is 4.90 Å². The second-order valence-corrected chi connectivity index (χ2v) is 7.79. The highest BCUT2D eigenvalue weighted by Gasteiger charge is 2.33. The van der Waals surface area contributed by atoms with Gasteiger partial charge in [-0.2, -0.15) is 0 Å². The van der Waals surface area contributed by atoms with Gasteiger partial charge in [0.05, 0.1) is 11.2 Å². The van der Waals surface area contributed by atoms with Crippen molar-refractivity contribution in [2.45, 2.75) is 51.6 Å². The molecule has 2 unspecified atom stereocenters. The molecule has 146 valence electrons. The Kier molecular flexibility index (Phi) is 4.25. The molecule has 2 aliphatic rings. The first-order valence-electron chi connectivity index (χ1n) is 9.55. The molecule has 2 heterocycles. The Morgan fingerprint density at radius 1 is 1.30 bits per heavy atom. The highest BCUT2D eigenvalue weighted by Crippen LogP contribution is 2.42. The zero-order chi connectivity index (χ0) is 19.5. The van der Waals surface area contributed by atoms with Gasteiger partial charge in [-0.05, 0) is 32.1 Å². The van der Waals surface area contributed by atoms with Crippen molar-refractivity contribution in [2.75, 3.05) is 18.0 Å². The average Bonchev–Trinajstić information content (AvgIpc) is 3.44. The molecule has 0 bridgehead atoms. The van der Waals surface area contributed by atoms with Crippen LogP contribution in [0.15, 0.2) is 9.59 Å². The fourth-order valence-electron chi connectivity index (χ4n) is 4.43. The van der Waals surface area contributed by atoms with E-state index in [9.17, 15) is 14.7 Å². The number of nitrogens with two attached hydrogens (primary N) is 1. The highest BCUT2D eigenvalue weighted by molar-refractivity contribution is 5.92. The first-order valence-corrected chi connectivity index (χ1v) is 9.55. The largest absolute Gasteiger partial charge is 0.504 e. The van der Waals surface area contributed by atoms with Crippen molar-refractivity contribution in [3.05, 3.63) is 32.2 Å². The Morgan fingerprint density at radius 3 is 2.59 bits per heavy atom. The molecular formula is C19H25FN4O3. The van der Waals surface area contributed by atoms with E-state index in [1.54, 1.807) is 6.92 Å². The molecule has 1 saturated carbocycles. The number of piperidine rings is 1. The number of H-pyrrole nitrogens is 1. The molecule has 1 aromatic carbocycles. The minimum atomic E-state index is -0.825. The smallest absolute Gasteiger partial charge is 0.329 e. The van der Waals surface area contributed by atoms with Crippen LogP contribution < -0.4 is 21.9 Å². The summed E-state index contributed by atoms with van der Waals surface area (Å²) in [5.41, 5.74) is 6.05. The first kappa shape index (κ1) is 18.0. The molecular weight excluding hydrogens is 351 g/mol. The number of fused-ring (bicyclic) bond motifs is 1. The van der Waals surface area contributed by atoms with Crippen LogP contribution in [0.5, 0.6) is 5.75 Å². The zero-order valence-corrected chi connectivity index (χ0v) is 15.6. The fourth-order valence-corrected chi connectivity index (χ4v) is 4.43. The summed E-state index contributed by atoms with van der Waals surface area (Å²) in [4.78, 5) is 28.8. The summed E-state index contributed by atoms with van der Waals surface area (Å²) in [6.07, 6.45) is 3.44. The van der Waals surface area contributed by atoms with Crippen molar-refractivity contribution >= 4 is 16.6 Å². The molecule has 0 spiro atoms. The van der Waals surface area contributed by atoms with E-state index in [1.165, 1.54) is 4.57 Å². The van der Waals surface area contributed by atoms with Gasteiger partial charge in [-0.3, -0.25) is 14.3 Å². The third kappa shape index (κ3) is 2.74. The molecule has 2 aromatic rings. The van der Waals surface area contributed by atoms with Gasteiger partial charge in [0.2, 0.25) is 0 Å². The number of phenols is 1. The number of phenolic OH excluding ortho intramolecular Hbond substituents is 1. The number of aromatic nitrogens is 2. The van der Waals surface area contributed by atoms with Crippen LogP contribution in [0.2, 0.25) is 0 Å². The molecule has 27 heavy (non-hydrogen) atoms. The number of hydrogen-bond acceptors (Lipinski definition) is 5. The number of halogens is 1. The van der Waals surface area contributed by atoms with Gasteiger partial charge in [0, 0.05) is 30.7 Å². The Labute approximate surface area is 155 Å². The van der Waals surface area contributed by atoms with E-state index < -0.39 is 22.8 Å². The van der Waals surface area contributed by atoms with Crippen LogP contribution in [0.3, 0.4) is 0 Å². The predicted octanol–water partition coefficient (Wildman–Crippen LogP) is 1.74. The molecule has 1 saturated heterocycles. The topological polar surface area (TPSA) is 104 Å². The van der Waals surface area contributed by atoms with Crippen molar-refractivity contribution < 1.29 is 9.50 Å². The van der Waals surface area contributed by atoms with Crippen LogP contribution in [0, 0.1) is 18.7 Å². The number of hydrogen-bond donors (Lipinski definition) is 3. The summed E-state index contributed by atoms with van der Waals surface area (Å²) in [6, 6.07) is -0.119. The lowest BCUT2D eigenvalue weighted by Crippen LogP contribution is -2.49. The standard InChI is InChI=1S/C19H25FN4O3/c1-3-10-6-7-23(8-12(10)21)16-9(2)15-13(17(25)14(16)20)18(26)22-19(27)24(15)11-4-5-11/h10-12,25H,3-8,21H2,1-2H3,(H,22,26,27). The maximum atomic E-state index is 15.1. The van der Waals surface area contributed by atoms with Crippen molar-refractivity contribution in [3.63, 3.8) is 0 Å². The molecule has 8 heteroatoms. The number of aryl methyl sites for hydroxylation is 1. The number of nitrogens with zero attached hydrogens (tertiary/aromatic N) is 2. The first-order chi connectivity index (χ1) is 12.8. The van der Waals surface area contributed by atoms with Gasteiger partial charge in [-0.1, -0.05) is 13.3 Å². The molecule has 1 aliphatic heterocycles. The van der Waals surface area contributed by atoms with E-state index in [-0.39, 0.29) is 23.2 Å². The van der Waals surface area contributed by atoms with E-state index in [4.69, 9.17) is 5.73 Å². The predicted molar refractivity (Wildman–Crippen MR) is 102 cm³/mol. The Hall–Kier alpha value is -2.35. The fraction of sp³-hybridized carbons (Fsp3) is 0.579. The van der Waals surface area contributed by atoms with Gasteiger partial charge in [-0.15, -0.1) is 0 Å². The molecule has 7 nitrogen and oxygen atoms in total. The monoisotopic (exact) mass is 376 g/mol. The minimum Gasteiger partial charge on any atom is -0.504 e.